The van der Waals surface area contributed by atoms with Gasteiger partial charge in [0.25, 0.3) is 0 Å². The van der Waals surface area contributed by atoms with Gasteiger partial charge >= 0.3 is 0 Å². The zero-order valence-electron chi connectivity index (χ0n) is 18.3. The molecule has 1 aliphatic heterocycles. The number of carbonyl (C=O) groups excluding carboxylic acids is 1. The van der Waals surface area contributed by atoms with Gasteiger partial charge in [-0.25, -0.2) is 4.39 Å². The van der Waals surface area contributed by atoms with Crippen molar-refractivity contribution >= 4 is 34.6 Å². The first-order chi connectivity index (χ1) is 16.1. The molecule has 1 aliphatic rings. The van der Waals surface area contributed by atoms with Crippen molar-refractivity contribution in [2.24, 2.45) is 0 Å². The highest BCUT2D eigenvalue weighted by Gasteiger charge is 2.18. The fourth-order valence-corrected chi connectivity index (χ4v) is 4.13. The van der Waals surface area contributed by atoms with Gasteiger partial charge in [0.1, 0.15) is 5.82 Å². The quantitative estimate of drug-likeness (QED) is 0.538. The van der Waals surface area contributed by atoms with Crippen LogP contribution in [-0.4, -0.2) is 42.1 Å². The van der Waals surface area contributed by atoms with E-state index < -0.39 is 0 Å². The minimum absolute atomic E-state index is 0.141. The number of piperazine rings is 1. The Balaban J connectivity index is 1.23. The number of nitrogens with one attached hydrogen (secondary N) is 2. The average Bonchev–Trinajstić information content (AvgIpc) is 2.82. The van der Waals surface area contributed by atoms with Crippen LogP contribution in [0, 0.1) is 5.82 Å². The van der Waals surface area contributed by atoms with E-state index in [1.807, 2.05) is 66.7 Å². The molecule has 0 spiro atoms. The van der Waals surface area contributed by atoms with Gasteiger partial charge in [0.2, 0.25) is 5.91 Å². The number of hydrogen-bond acceptors (Lipinski definition) is 4. The molecule has 0 saturated carbocycles. The number of thiocarbonyl (C=S) groups is 1. The molecule has 0 atom stereocenters. The van der Waals surface area contributed by atoms with Crippen molar-refractivity contribution in [1.29, 1.82) is 0 Å². The van der Waals surface area contributed by atoms with Crippen molar-refractivity contribution in [2.45, 2.75) is 13.0 Å². The third kappa shape index (κ3) is 6.60. The molecule has 0 radical (unpaired) electrons. The number of rotatable bonds is 6. The summed E-state index contributed by atoms with van der Waals surface area (Å²) in [5.74, 6) is -0.291. The van der Waals surface area contributed by atoms with Gasteiger partial charge in [-0.3, -0.25) is 9.69 Å². The second-order valence-electron chi connectivity index (χ2n) is 8.07. The predicted molar refractivity (Wildman–Crippen MR) is 135 cm³/mol. The Morgan fingerprint density at radius 1 is 0.879 bits per heavy atom. The van der Waals surface area contributed by atoms with Gasteiger partial charge < -0.3 is 15.5 Å². The molecule has 2 N–H and O–H groups in total. The third-order valence-corrected chi connectivity index (χ3v) is 5.88. The number of benzene rings is 3. The highest BCUT2D eigenvalue weighted by atomic mass is 32.1. The monoisotopic (exact) mass is 462 g/mol. The van der Waals surface area contributed by atoms with Crippen LogP contribution >= 0.6 is 12.2 Å². The molecule has 1 saturated heterocycles. The number of amides is 1. The molecule has 170 valence electrons. The molecular formula is C26H27FN4OS. The van der Waals surface area contributed by atoms with Gasteiger partial charge in [0.05, 0.1) is 6.42 Å². The second kappa shape index (κ2) is 11.0. The van der Waals surface area contributed by atoms with Crippen LogP contribution in [0.2, 0.25) is 0 Å². The minimum atomic E-state index is -0.149. The summed E-state index contributed by atoms with van der Waals surface area (Å²) in [5.41, 5.74) is 3.64. The normalized spacial score (nSPS) is 14.0. The summed E-state index contributed by atoms with van der Waals surface area (Å²) in [6, 6.07) is 24.5. The van der Waals surface area contributed by atoms with Gasteiger partial charge in [-0.2, -0.15) is 0 Å². The standard InChI is InChI=1S/C26H27FN4OS/c27-24-9-5-4-8-21(24)19-30-14-16-31(17-15-30)23-12-10-22(11-13-23)28-26(33)29-25(32)18-20-6-2-1-3-7-20/h1-13H,14-19H2,(H2,28,29,32,33). The minimum Gasteiger partial charge on any atom is -0.369 e. The lowest BCUT2D eigenvalue weighted by atomic mass is 10.1. The van der Waals surface area contributed by atoms with Crippen LogP contribution in [0.5, 0.6) is 0 Å². The molecule has 0 bridgehead atoms. The Bertz CT molecular complexity index is 1080. The van der Waals surface area contributed by atoms with Gasteiger partial charge in [-0.1, -0.05) is 48.5 Å². The largest absolute Gasteiger partial charge is 0.369 e. The van der Waals surface area contributed by atoms with Crippen LogP contribution in [0.25, 0.3) is 0 Å². The Kier molecular flexibility index (Phi) is 7.65. The molecule has 0 unspecified atom stereocenters. The lowest BCUT2D eigenvalue weighted by Gasteiger charge is -2.36. The lowest BCUT2D eigenvalue weighted by molar-refractivity contribution is -0.119. The van der Waals surface area contributed by atoms with E-state index in [2.05, 4.69) is 20.4 Å². The second-order valence-corrected chi connectivity index (χ2v) is 8.47. The highest BCUT2D eigenvalue weighted by molar-refractivity contribution is 7.80. The molecule has 0 aliphatic carbocycles. The van der Waals surface area contributed by atoms with Gasteiger partial charge in [0.15, 0.2) is 5.11 Å². The molecule has 3 aromatic carbocycles. The molecule has 3 aromatic rings. The van der Waals surface area contributed by atoms with Crippen molar-refractivity contribution in [3.63, 3.8) is 0 Å². The van der Waals surface area contributed by atoms with Crippen molar-refractivity contribution < 1.29 is 9.18 Å². The first-order valence-corrected chi connectivity index (χ1v) is 11.4. The van der Waals surface area contributed by atoms with Crippen molar-refractivity contribution in [2.75, 3.05) is 36.4 Å². The number of hydrogen-bond donors (Lipinski definition) is 2. The van der Waals surface area contributed by atoms with Crippen LogP contribution in [0.4, 0.5) is 15.8 Å². The average molecular weight is 463 g/mol. The maximum absolute atomic E-state index is 13.9. The van der Waals surface area contributed by atoms with Gasteiger partial charge in [-0.05, 0) is 48.1 Å². The number of halogens is 1. The smallest absolute Gasteiger partial charge is 0.230 e. The molecule has 0 aromatic heterocycles. The van der Waals surface area contributed by atoms with E-state index in [9.17, 15) is 9.18 Å². The van der Waals surface area contributed by atoms with E-state index in [4.69, 9.17) is 12.2 Å². The van der Waals surface area contributed by atoms with Crippen molar-refractivity contribution in [3.05, 3.63) is 95.8 Å². The predicted octanol–water partition coefficient (Wildman–Crippen LogP) is 4.20. The zero-order valence-corrected chi connectivity index (χ0v) is 19.2. The summed E-state index contributed by atoms with van der Waals surface area (Å²) in [6.45, 7) is 4.17. The van der Waals surface area contributed by atoms with E-state index >= 15 is 0 Å². The molecule has 1 amide bonds. The Morgan fingerprint density at radius 2 is 1.55 bits per heavy atom. The summed E-state index contributed by atoms with van der Waals surface area (Å²) in [7, 11) is 0. The molecule has 33 heavy (non-hydrogen) atoms. The number of nitrogens with zero attached hydrogens (tertiary/aromatic N) is 2. The SMILES string of the molecule is O=C(Cc1ccccc1)NC(=S)Nc1ccc(N2CCN(Cc3ccccc3F)CC2)cc1. The number of carbonyl (C=O) groups is 1. The Hall–Kier alpha value is -3.29. The van der Waals surface area contributed by atoms with E-state index in [-0.39, 0.29) is 23.3 Å². The van der Waals surface area contributed by atoms with Crippen LogP contribution in [0.15, 0.2) is 78.9 Å². The van der Waals surface area contributed by atoms with E-state index in [1.165, 1.54) is 6.07 Å². The summed E-state index contributed by atoms with van der Waals surface area (Å²) in [5, 5.41) is 6.07. The lowest BCUT2D eigenvalue weighted by Crippen LogP contribution is -2.46. The molecule has 5 nitrogen and oxygen atoms in total. The summed E-state index contributed by atoms with van der Waals surface area (Å²) >= 11 is 5.28. The van der Waals surface area contributed by atoms with Gasteiger partial charge in [0, 0.05) is 49.7 Å². The van der Waals surface area contributed by atoms with Gasteiger partial charge in [-0.15, -0.1) is 0 Å². The molecular weight excluding hydrogens is 435 g/mol. The van der Waals surface area contributed by atoms with Crippen molar-refractivity contribution in [1.82, 2.24) is 10.2 Å². The highest BCUT2D eigenvalue weighted by Crippen LogP contribution is 2.20. The first-order valence-electron chi connectivity index (χ1n) is 11.0. The van der Waals surface area contributed by atoms with Crippen molar-refractivity contribution in [3.8, 4) is 0 Å². The fraction of sp³-hybridized carbons (Fsp3) is 0.231. The topological polar surface area (TPSA) is 47.6 Å². The van der Waals surface area contributed by atoms with E-state index in [0.717, 1.165) is 48.7 Å². The zero-order chi connectivity index (χ0) is 23.0. The third-order valence-electron chi connectivity index (χ3n) is 5.67. The fourth-order valence-electron chi connectivity index (χ4n) is 3.90. The first kappa shape index (κ1) is 22.9. The summed E-state index contributed by atoms with van der Waals surface area (Å²) in [4.78, 5) is 16.8. The van der Waals surface area contributed by atoms with Crippen LogP contribution < -0.4 is 15.5 Å². The Labute approximate surface area is 199 Å². The Morgan fingerprint density at radius 3 is 2.24 bits per heavy atom. The molecule has 4 rings (SSSR count). The number of anilines is 2. The van der Waals surface area contributed by atoms with Crippen LogP contribution in [-0.2, 0) is 17.8 Å². The summed E-state index contributed by atoms with van der Waals surface area (Å²) < 4.78 is 13.9. The molecule has 1 heterocycles. The van der Waals surface area contributed by atoms with Crippen LogP contribution in [0.3, 0.4) is 0 Å². The maximum atomic E-state index is 13.9. The molecule has 1 fully saturated rings. The maximum Gasteiger partial charge on any atom is 0.230 e. The summed E-state index contributed by atoms with van der Waals surface area (Å²) in [6.07, 6.45) is 0.282. The molecule has 7 heteroatoms. The van der Waals surface area contributed by atoms with E-state index in [0.29, 0.717) is 6.54 Å². The van der Waals surface area contributed by atoms with Crippen LogP contribution in [0.1, 0.15) is 11.1 Å². The van der Waals surface area contributed by atoms with E-state index in [1.54, 1.807) is 6.07 Å².